The van der Waals surface area contributed by atoms with Crippen molar-refractivity contribution in [1.82, 2.24) is 29.7 Å². The second-order valence-corrected chi connectivity index (χ2v) is 7.32. The van der Waals surface area contributed by atoms with Crippen LogP contribution in [0.1, 0.15) is 27.7 Å². The summed E-state index contributed by atoms with van der Waals surface area (Å²) in [5.41, 5.74) is 5.22. The molecular weight excluding hydrogens is 380 g/mol. The molecule has 1 aliphatic heterocycles. The fourth-order valence-corrected chi connectivity index (χ4v) is 3.71. The van der Waals surface area contributed by atoms with E-state index in [-0.39, 0.29) is 12.0 Å². The second-order valence-electron chi connectivity index (χ2n) is 7.32. The van der Waals surface area contributed by atoms with Gasteiger partial charge in [-0.15, -0.1) is 5.10 Å². The number of nitrogens with zero attached hydrogens (tertiary/aromatic N) is 6. The summed E-state index contributed by atoms with van der Waals surface area (Å²) in [7, 11) is 0. The molecule has 0 bridgehead atoms. The quantitative estimate of drug-likeness (QED) is 0.526. The van der Waals surface area contributed by atoms with Crippen LogP contribution in [0.2, 0.25) is 0 Å². The largest absolute Gasteiger partial charge is 0.368 e. The number of aromatic nitrogens is 5. The molecule has 150 valence electrons. The highest BCUT2D eigenvalue weighted by Crippen LogP contribution is 2.27. The van der Waals surface area contributed by atoms with E-state index in [1.54, 1.807) is 34.2 Å². The van der Waals surface area contributed by atoms with Gasteiger partial charge in [0.15, 0.2) is 0 Å². The highest BCUT2D eigenvalue weighted by Gasteiger charge is 2.29. The zero-order chi connectivity index (χ0) is 20.5. The molecule has 1 amide bonds. The monoisotopic (exact) mass is 400 g/mol. The third kappa shape index (κ3) is 3.42. The molecule has 8 heteroatoms. The van der Waals surface area contributed by atoms with Gasteiger partial charge in [-0.2, -0.15) is 0 Å². The summed E-state index contributed by atoms with van der Waals surface area (Å²) in [4.78, 5) is 22.9. The van der Waals surface area contributed by atoms with E-state index in [0.717, 1.165) is 27.9 Å². The zero-order valence-corrected chi connectivity index (χ0v) is 16.5. The SMILES string of the molecule is Cc1cncc(C(=O)N2CCO[C@H](c3nnn4cc(-c5ccncc5)ccc34)C2)c1. The number of pyridine rings is 3. The van der Waals surface area contributed by atoms with Crippen LogP contribution < -0.4 is 0 Å². The number of morpholine rings is 1. The van der Waals surface area contributed by atoms with E-state index in [1.807, 2.05) is 43.5 Å². The van der Waals surface area contributed by atoms with Crippen LogP contribution in [-0.2, 0) is 4.74 Å². The van der Waals surface area contributed by atoms with E-state index in [2.05, 4.69) is 20.3 Å². The summed E-state index contributed by atoms with van der Waals surface area (Å²) < 4.78 is 7.70. The Labute approximate surface area is 173 Å². The van der Waals surface area contributed by atoms with Crippen molar-refractivity contribution in [3.8, 4) is 11.1 Å². The predicted octanol–water partition coefficient (Wildman–Crippen LogP) is 2.71. The number of carbonyl (C=O) groups is 1. The van der Waals surface area contributed by atoms with Crippen molar-refractivity contribution in [3.05, 3.63) is 78.1 Å². The van der Waals surface area contributed by atoms with E-state index >= 15 is 0 Å². The van der Waals surface area contributed by atoms with Gasteiger partial charge in [0.2, 0.25) is 0 Å². The van der Waals surface area contributed by atoms with Crippen LogP contribution in [-0.4, -0.2) is 55.3 Å². The van der Waals surface area contributed by atoms with E-state index in [1.165, 1.54) is 0 Å². The van der Waals surface area contributed by atoms with Gasteiger partial charge in [0, 0.05) is 43.1 Å². The number of fused-ring (bicyclic) bond motifs is 1. The maximum Gasteiger partial charge on any atom is 0.255 e. The Bertz CT molecular complexity index is 1210. The standard InChI is InChI=1S/C22H20N6O2/c1-15-10-18(12-24-11-15)22(29)27-8-9-30-20(14-27)21-19-3-2-17(13-28(19)26-25-21)16-4-6-23-7-5-16/h2-7,10-13,20H,8-9,14H2,1H3/t20-/m0/s1. The lowest BCUT2D eigenvalue weighted by Gasteiger charge is -2.32. The molecule has 0 N–H and O–H groups in total. The van der Waals surface area contributed by atoms with E-state index in [0.29, 0.717) is 25.3 Å². The fraction of sp³-hybridized carbons (Fsp3) is 0.227. The van der Waals surface area contributed by atoms with Gasteiger partial charge < -0.3 is 9.64 Å². The molecule has 1 saturated heterocycles. The molecule has 0 aliphatic carbocycles. The van der Waals surface area contributed by atoms with Crippen LogP contribution in [0.15, 0.2) is 61.3 Å². The first-order chi connectivity index (χ1) is 14.7. The van der Waals surface area contributed by atoms with E-state index in [9.17, 15) is 4.79 Å². The molecule has 0 radical (unpaired) electrons. The Morgan fingerprint density at radius 3 is 2.80 bits per heavy atom. The Morgan fingerprint density at radius 1 is 1.10 bits per heavy atom. The van der Waals surface area contributed by atoms with Gasteiger partial charge in [-0.25, -0.2) is 4.52 Å². The van der Waals surface area contributed by atoms with Crippen LogP contribution in [0, 0.1) is 6.92 Å². The normalized spacial score (nSPS) is 16.7. The third-order valence-electron chi connectivity index (χ3n) is 5.23. The van der Waals surface area contributed by atoms with Gasteiger partial charge in [-0.3, -0.25) is 14.8 Å². The molecule has 0 aromatic carbocycles. The molecule has 5 rings (SSSR count). The first-order valence-corrected chi connectivity index (χ1v) is 9.77. The molecule has 30 heavy (non-hydrogen) atoms. The van der Waals surface area contributed by atoms with Crippen molar-refractivity contribution in [3.63, 3.8) is 0 Å². The molecule has 0 saturated carbocycles. The van der Waals surface area contributed by atoms with Crippen molar-refractivity contribution in [1.29, 1.82) is 0 Å². The molecule has 8 nitrogen and oxygen atoms in total. The van der Waals surface area contributed by atoms with Crippen molar-refractivity contribution in [2.75, 3.05) is 19.7 Å². The topological polar surface area (TPSA) is 85.5 Å². The predicted molar refractivity (Wildman–Crippen MR) is 110 cm³/mol. The van der Waals surface area contributed by atoms with Crippen LogP contribution in [0.4, 0.5) is 0 Å². The molecule has 4 aromatic rings. The molecule has 1 fully saturated rings. The van der Waals surface area contributed by atoms with Crippen molar-refractivity contribution < 1.29 is 9.53 Å². The lowest BCUT2D eigenvalue weighted by molar-refractivity contribution is -0.0241. The maximum atomic E-state index is 12.9. The molecule has 1 aliphatic rings. The molecule has 5 heterocycles. The first kappa shape index (κ1) is 18.4. The summed E-state index contributed by atoms with van der Waals surface area (Å²) >= 11 is 0. The molecule has 1 atom stereocenters. The van der Waals surface area contributed by atoms with Crippen molar-refractivity contribution in [2.24, 2.45) is 0 Å². The number of aryl methyl sites for hydroxylation is 1. The lowest BCUT2D eigenvalue weighted by atomic mass is 10.1. The highest BCUT2D eigenvalue weighted by atomic mass is 16.5. The first-order valence-electron chi connectivity index (χ1n) is 9.77. The lowest BCUT2D eigenvalue weighted by Crippen LogP contribution is -2.42. The smallest absolute Gasteiger partial charge is 0.255 e. The minimum atomic E-state index is -0.329. The van der Waals surface area contributed by atoms with Crippen molar-refractivity contribution in [2.45, 2.75) is 13.0 Å². The average Bonchev–Trinajstić information content (AvgIpc) is 3.22. The van der Waals surface area contributed by atoms with Gasteiger partial charge in [0.1, 0.15) is 11.8 Å². The number of hydrogen-bond acceptors (Lipinski definition) is 6. The summed E-state index contributed by atoms with van der Waals surface area (Å²) in [5.74, 6) is -0.0454. The third-order valence-corrected chi connectivity index (χ3v) is 5.23. The zero-order valence-electron chi connectivity index (χ0n) is 16.5. The summed E-state index contributed by atoms with van der Waals surface area (Å²) in [6, 6.07) is 9.77. The Balaban J connectivity index is 1.40. The maximum absolute atomic E-state index is 12.9. The summed E-state index contributed by atoms with van der Waals surface area (Å²) in [6.45, 7) is 3.33. The van der Waals surface area contributed by atoms with Crippen LogP contribution in [0.25, 0.3) is 16.6 Å². The van der Waals surface area contributed by atoms with Crippen LogP contribution in [0.5, 0.6) is 0 Å². The van der Waals surface area contributed by atoms with Gasteiger partial charge in [0.25, 0.3) is 5.91 Å². The number of carbonyl (C=O) groups excluding carboxylic acids is 1. The fourth-order valence-electron chi connectivity index (χ4n) is 3.71. The molecule has 0 unspecified atom stereocenters. The Hall–Kier alpha value is -3.65. The van der Waals surface area contributed by atoms with E-state index in [4.69, 9.17) is 4.74 Å². The molecular formula is C22H20N6O2. The number of hydrogen-bond donors (Lipinski definition) is 0. The molecule has 0 spiro atoms. The Kier molecular flexibility index (Phi) is 4.68. The number of rotatable bonds is 3. The van der Waals surface area contributed by atoms with Gasteiger partial charge >= 0.3 is 0 Å². The van der Waals surface area contributed by atoms with E-state index < -0.39 is 0 Å². The van der Waals surface area contributed by atoms with Gasteiger partial charge in [0.05, 0.1) is 24.2 Å². The van der Waals surface area contributed by atoms with Gasteiger partial charge in [-0.05, 0) is 42.3 Å². The molecule has 4 aromatic heterocycles. The van der Waals surface area contributed by atoms with Crippen molar-refractivity contribution >= 4 is 11.4 Å². The minimum absolute atomic E-state index is 0.0454. The number of amides is 1. The minimum Gasteiger partial charge on any atom is -0.368 e. The summed E-state index contributed by atoms with van der Waals surface area (Å²) in [5, 5.41) is 8.64. The van der Waals surface area contributed by atoms with Gasteiger partial charge in [-0.1, -0.05) is 11.3 Å². The Morgan fingerprint density at radius 2 is 1.97 bits per heavy atom. The second kappa shape index (κ2) is 7.64. The van der Waals surface area contributed by atoms with Crippen LogP contribution >= 0.6 is 0 Å². The average molecular weight is 400 g/mol. The number of ether oxygens (including phenoxy) is 1. The van der Waals surface area contributed by atoms with Crippen LogP contribution in [0.3, 0.4) is 0 Å². The summed E-state index contributed by atoms with van der Waals surface area (Å²) in [6.07, 6.45) is 8.47. The highest BCUT2D eigenvalue weighted by molar-refractivity contribution is 5.94.